The van der Waals surface area contributed by atoms with Crippen molar-refractivity contribution in [3.05, 3.63) is 0 Å². The van der Waals surface area contributed by atoms with E-state index >= 15 is 0 Å². The molecular weight excluding hydrogens is 76.9 g/mol. The van der Waals surface area contributed by atoms with E-state index in [0.29, 0.717) is 0 Å². The van der Waals surface area contributed by atoms with Gasteiger partial charge in [-0.1, -0.05) is 13.1 Å². The van der Waals surface area contributed by atoms with Crippen molar-refractivity contribution in [2.45, 2.75) is 13.1 Å². The molecule has 1 nitrogen and oxygen atoms in total. The summed E-state index contributed by atoms with van der Waals surface area (Å²) in [5.41, 5.74) is 0. The molecule has 0 rings (SSSR count). The minimum Gasteiger partial charge on any atom is -0.391 e. The third kappa shape index (κ3) is 4.24. The molecule has 5 heavy (non-hydrogen) atoms. The van der Waals surface area contributed by atoms with Crippen LogP contribution >= 0.6 is 0 Å². The summed E-state index contributed by atoms with van der Waals surface area (Å²) in [6.07, 6.45) is 0. The molecule has 0 fully saturated rings. The summed E-state index contributed by atoms with van der Waals surface area (Å²) in [6, 6.07) is 0. The van der Waals surface area contributed by atoms with Crippen molar-refractivity contribution in [1.29, 1.82) is 0 Å². The molecule has 0 atom stereocenters. The zero-order valence-electron chi connectivity index (χ0n) is 3.65. The Kier molecular flexibility index (Phi) is 2.60. The second-order valence-corrected chi connectivity index (χ2v) is 3.96. The molecule has 0 bridgehead atoms. The van der Waals surface area contributed by atoms with E-state index in [4.69, 9.17) is 7.98 Å². The maximum atomic E-state index is 4.98. The summed E-state index contributed by atoms with van der Waals surface area (Å²) >= 11 is 0. The Balaban J connectivity index is 2.54. The van der Waals surface area contributed by atoms with Crippen LogP contribution in [0.15, 0.2) is 0 Å². The fraction of sp³-hybridized carbons (Fsp3) is 1.00. The molecule has 0 aliphatic heterocycles. The Morgan fingerprint density at radius 1 is 1.60 bits per heavy atom. The van der Waals surface area contributed by atoms with Crippen LogP contribution in [0, 0.1) is 0 Å². The van der Waals surface area contributed by atoms with E-state index in [2.05, 4.69) is 18.0 Å². The van der Waals surface area contributed by atoms with Gasteiger partial charge in [0.15, 0.2) is 7.98 Å². The molecule has 0 aromatic carbocycles. The van der Waals surface area contributed by atoms with Crippen LogP contribution in [-0.4, -0.2) is 16.9 Å². The van der Waals surface area contributed by atoms with Crippen molar-refractivity contribution in [2.75, 3.05) is 0 Å². The molecule has 0 saturated carbocycles. The summed E-state index contributed by atoms with van der Waals surface area (Å²) < 4.78 is 0. The van der Waals surface area contributed by atoms with Crippen molar-refractivity contribution in [3.63, 3.8) is 0 Å². The molecule has 0 aliphatic carbocycles. The van der Waals surface area contributed by atoms with Crippen LogP contribution in [-0.2, 0) is 0 Å². The van der Waals surface area contributed by atoms with Gasteiger partial charge in [-0.15, -0.1) is 0 Å². The van der Waals surface area contributed by atoms with E-state index in [9.17, 15) is 0 Å². The molecule has 0 aromatic rings. The molecule has 0 unspecified atom stereocenters. The second-order valence-electron chi connectivity index (χ2n) is 1.32. The molecule has 0 saturated heterocycles. The first-order valence-corrected chi connectivity index (χ1v) is 4.62. The van der Waals surface area contributed by atoms with Crippen LogP contribution < -0.4 is 4.89 Å². The summed E-state index contributed by atoms with van der Waals surface area (Å²) in [7, 11) is 4.36. The predicted molar refractivity (Wildman–Crippen MR) is 27.8 cm³/mol. The largest absolute Gasteiger partial charge is 0.391 e. The molecule has 0 aromatic heterocycles. The summed E-state index contributed by atoms with van der Waals surface area (Å²) in [5.74, 6) is 0. The third-order valence-electron chi connectivity index (χ3n) is 0.333. The topological polar surface area (TPSA) is 12.0 Å². The van der Waals surface area contributed by atoms with Crippen LogP contribution in [0.25, 0.3) is 0 Å². The maximum absolute atomic E-state index is 4.98. The summed E-state index contributed by atoms with van der Waals surface area (Å²) in [5, 5.41) is 0. The minimum absolute atomic E-state index is 0.622. The highest BCUT2D eigenvalue weighted by Gasteiger charge is 1.80. The van der Waals surface area contributed by atoms with Gasteiger partial charge in [0.05, 0.1) is 8.96 Å². The van der Waals surface area contributed by atoms with Crippen molar-refractivity contribution >= 4 is 16.9 Å². The monoisotopic (exact) mass is 85.1 g/mol. The van der Waals surface area contributed by atoms with Crippen molar-refractivity contribution in [2.24, 2.45) is 0 Å². The maximum Gasteiger partial charge on any atom is 0.169 e. The quantitative estimate of drug-likeness (QED) is 0.429. The Labute approximate surface area is 35.9 Å². The Bertz CT molecular complexity index is 23.6. The Morgan fingerprint density at radius 2 is 1.80 bits per heavy atom. The van der Waals surface area contributed by atoms with Crippen LogP contribution in [0.1, 0.15) is 0 Å². The summed E-state index contributed by atoms with van der Waals surface area (Å²) in [6.45, 7) is 4.25. The molecule has 0 amide bonds. The smallest absolute Gasteiger partial charge is 0.169 e. The van der Waals surface area contributed by atoms with Gasteiger partial charge in [-0.3, -0.25) is 0 Å². The Hall–Kier alpha value is 0.242. The normalized spacial score (nSPS) is 9.40. The van der Waals surface area contributed by atoms with Crippen LogP contribution in [0.2, 0.25) is 13.1 Å². The van der Waals surface area contributed by atoms with E-state index in [1.165, 1.54) is 0 Å². The standard InChI is InChI=1S/C2H8BNSi/c1-5(2)4-3/h4-5H,1-2H3. The molecule has 0 aliphatic rings. The average Bonchev–Trinajstić information content (AvgIpc) is 1.38. The van der Waals surface area contributed by atoms with Crippen LogP contribution in [0.3, 0.4) is 0 Å². The highest BCUT2D eigenvalue weighted by molar-refractivity contribution is 6.58. The number of hydrogen-bond donors (Lipinski definition) is 1. The van der Waals surface area contributed by atoms with Crippen LogP contribution in [0.4, 0.5) is 0 Å². The Morgan fingerprint density at radius 3 is 1.80 bits per heavy atom. The van der Waals surface area contributed by atoms with E-state index in [0.717, 1.165) is 0 Å². The van der Waals surface area contributed by atoms with Gasteiger partial charge in [0.1, 0.15) is 0 Å². The summed E-state index contributed by atoms with van der Waals surface area (Å²) in [4.78, 5) is 2.67. The lowest BCUT2D eigenvalue weighted by molar-refractivity contribution is 1.54. The second kappa shape index (κ2) is 2.48. The highest BCUT2D eigenvalue weighted by atomic mass is 28.3. The van der Waals surface area contributed by atoms with Crippen molar-refractivity contribution in [1.82, 2.24) is 4.89 Å². The molecule has 2 radical (unpaired) electrons. The first-order chi connectivity index (χ1) is 2.27. The van der Waals surface area contributed by atoms with Gasteiger partial charge < -0.3 is 4.89 Å². The van der Waals surface area contributed by atoms with Gasteiger partial charge in [-0.25, -0.2) is 0 Å². The van der Waals surface area contributed by atoms with Crippen molar-refractivity contribution in [3.8, 4) is 0 Å². The van der Waals surface area contributed by atoms with E-state index in [-0.39, 0.29) is 0 Å². The van der Waals surface area contributed by atoms with Gasteiger partial charge >= 0.3 is 0 Å². The number of hydrogen-bond acceptors (Lipinski definition) is 1. The van der Waals surface area contributed by atoms with Crippen LogP contribution in [0.5, 0.6) is 0 Å². The lowest BCUT2D eigenvalue weighted by Gasteiger charge is -1.93. The van der Waals surface area contributed by atoms with Crippen molar-refractivity contribution < 1.29 is 0 Å². The molecule has 28 valence electrons. The first kappa shape index (κ1) is 5.24. The average molecular weight is 85.0 g/mol. The van der Waals surface area contributed by atoms with E-state index in [1.807, 2.05) is 0 Å². The highest BCUT2D eigenvalue weighted by Crippen LogP contribution is 1.61. The molecule has 1 N–H and O–H groups in total. The van der Waals surface area contributed by atoms with E-state index < -0.39 is 8.96 Å². The lowest BCUT2D eigenvalue weighted by atomic mass is 10.5. The number of nitrogens with one attached hydrogen (secondary N) is 1. The fourth-order valence-electron chi connectivity index (χ4n) is 0. The van der Waals surface area contributed by atoms with Gasteiger partial charge in [-0.05, 0) is 0 Å². The minimum atomic E-state index is -0.622. The molecule has 0 spiro atoms. The third-order valence-corrected chi connectivity index (χ3v) is 1.00. The fourth-order valence-corrected chi connectivity index (χ4v) is 0. The van der Waals surface area contributed by atoms with E-state index in [1.54, 1.807) is 0 Å². The SMILES string of the molecule is [B]N[SiH](C)C. The van der Waals surface area contributed by atoms with Gasteiger partial charge in [0.25, 0.3) is 0 Å². The molecular formula is C2H8BNSi. The van der Waals surface area contributed by atoms with Gasteiger partial charge in [0, 0.05) is 0 Å². The zero-order chi connectivity index (χ0) is 4.28. The predicted octanol–water partition coefficient (Wildman–Crippen LogP) is -0.357. The zero-order valence-corrected chi connectivity index (χ0v) is 4.81. The number of rotatable bonds is 1. The molecule has 0 heterocycles. The van der Waals surface area contributed by atoms with Gasteiger partial charge in [0.2, 0.25) is 0 Å². The molecule has 3 heteroatoms. The first-order valence-electron chi connectivity index (χ1n) is 1.73. The lowest BCUT2D eigenvalue weighted by Crippen LogP contribution is -2.23. The van der Waals surface area contributed by atoms with Gasteiger partial charge in [-0.2, -0.15) is 0 Å².